The number of carbonyl (C=O) groups is 1. The van der Waals surface area contributed by atoms with Crippen molar-refractivity contribution in [2.75, 3.05) is 5.73 Å². The quantitative estimate of drug-likeness (QED) is 0.745. The second-order valence-corrected chi connectivity index (χ2v) is 3.68. The number of carboxylic acids is 1. The van der Waals surface area contributed by atoms with E-state index < -0.39 is 5.97 Å². The summed E-state index contributed by atoms with van der Waals surface area (Å²) >= 11 is 3.30. The Morgan fingerprint density at radius 1 is 1.46 bits per heavy atom. The van der Waals surface area contributed by atoms with Gasteiger partial charge >= 0.3 is 5.97 Å². The highest BCUT2D eigenvalue weighted by atomic mass is 79.9. The first-order valence-corrected chi connectivity index (χ1v) is 4.53. The number of halogens is 1. The molecule has 0 spiro atoms. The summed E-state index contributed by atoms with van der Waals surface area (Å²) in [4.78, 5) is 10.8. The van der Waals surface area contributed by atoms with Gasteiger partial charge in [-0.2, -0.15) is 0 Å². The number of nitrogens with two attached hydrogens (primary N) is 1. The van der Waals surface area contributed by atoms with Gasteiger partial charge in [-0.15, -0.1) is 0 Å². The van der Waals surface area contributed by atoms with Crippen LogP contribution in [-0.2, 0) is 0 Å². The zero-order valence-electron chi connectivity index (χ0n) is 7.39. The number of hydrogen-bond acceptors (Lipinski definition) is 2. The summed E-state index contributed by atoms with van der Waals surface area (Å²) < 4.78 is 0.773. The summed E-state index contributed by atoms with van der Waals surface area (Å²) in [6.07, 6.45) is 0. The molecule has 13 heavy (non-hydrogen) atoms. The third kappa shape index (κ3) is 1.67. The zero-order valence-corrected chi connectivity index (χ0v) is 8.97. The number of benzene rings is 1. The molecule has 1 rings (SSSR count). The van der Waals surface area contributed by atoms with E-state index in [9.17, 15) is 4.79 Å². The summed E-state index contributed by atoms with van der Waals surface area (Å²) in [5.74, 6) is -0.945. The molecule has 0 amide bonds. The molecule has 0 aliphatic rings. The molecule has 0 atom stereocenters. The van der Waals surface area contributed by atoms with Crippen LogP contribution in [0.5, 0.6) is 0 Å². The Bertz CT molecular complexity index is 374. The minimum Gasteiger partial charge on any atom is -0.478 e. The highest BCUT2D eigenvalue weighted by Gasteiger charge is 2.13. The van der Waals surface area contributed by atoms with Gasteiger partial charge in [-0.05, 0) is 47.0 Å². The van der Waals surface area contributed by atoms with Crippen molar-refractivity contribution in [2.45, 2.75) is 13.8 Å². The zero-order chi connectivity index (χ0) is 10.2. The van der Waals surface area contributed by atoms with Crippen LogP contribution in [0.4, 0.5) is 5.69 Å². The Morgan fingerprint density at radius 2 is 2.00 bits per heavy atom. The monoisotopic (exact) mass is 243 g/mol. The second-order valence-electron chi connectivity index (χ2n) is 2.88. The van der Waals surface area contributed by atoms with Gasteiger partial charge in [0.15, 0.2) is 0 Å². The van der Waals surface area contributed by atoms with Crippen LogP contribution in [0.2, 0.25) is 0 Å². The van der Waals surface area contributed by atoms with E-state index in [1.807, 2.05) is 6.92 Å². The maximum Gasteiger partial charge on any atom is 0.336 e. The van der Waals surface area contributed by atoms with Crippen LogP contribution in [0.3, 0.4) is 0 Å². The molecule has 0 saturated heterocycles. The SMILES string of the molecule is Cc1c(C(=O)O)cc(N)c(Br)c1C. The summed E-state index contributed by atoms with van der Waals surface area (Å²) in [6.45, 7) is 3.60. The van der Waals surface area contributed by atoms with Crippen LogP contribution < -0.4 is 5.73 Å². The Balaban J connectivity index is 3.50. The molecule has 3 N–H and O–H groups in total. The number of anilines is 1. The molecule has 0 radical (unpaired) electrons. The number of carboxylic acid groups (broad SMARTS) is 1. The van der Waals surface area contributed by atoms with Gasteiger partial charge in [0, 0.05) is 10.2 Å². The van der Waals surface area contributed by atoms with Gasteiger partial charge in [-0.25, -0.2) is 4.79 Å². The smallest absolute Gasteiger partial charge is 0.336 e. The molecule has 70 valence electrons. The number of hydrogen-bond donors (Lipinski definition) is 2. The summed E-state index contributed by atoms with van der Waals surface area (Å²) in [7, 11) is 0. The van der Waals surface area contributed by atoms with Crippen LogP contribution in [0, 0.1) is 13.8 Å². The van der Waals surface area contributed by atoms with Crippen LogP contribution in [0.15, 0.2) is 10.5 Å². The van der Waals surface area contributed by atoms with E-state index in [1.165, 1.54) is 6.07 Å². The van der Waals surface area contributed by atoms with E-state index in [4.69, 9.17) is 10.8 Å². The minimum atomic E-state index is -0.945. The van der Waals surface area contributed by atoms with Crippen molar-refractivity contribution in [2.24, 2.45) is 0 Å². The van der Waals surface area contributed by atoms with E-state index in [0.29, 0.717) is 5.69 Å². The molecule has 4 heteroatoms. The third-order valence-electron chi connectivity index (χ3n) is 2.08. The molecule has 3 nitrogen and oxygen atoms in total. The first-order chi connectivity index (χ1) is 5.95. The molecule has 0 aliphatic carbocycles. The van der Waals surface area contributed by atoms with Crippen LogP contribution in [0.1, 0.15) is 21.5 Å². The van der Waals surface area contributed by atoms with Gasteiger partial charge in [0.1, 0.15) is 0 Å². The molecule has 0 saturated carbocycles. The van der Waals surface area contributed by atoms with E-state index in [0.717, 1.165) is 15.6 Å². The summed E-state index contributed by atoms with van der Waals surface area (Å²) in [5.41, 5.74) is 7.96. The summed E-state index contributed by atoms with van der Waals surface area (Å²) in [5, 5.41) is 8.83. The lowest BCUT2D eigenvalue weighted by Gasteiger charge is -2.09. The highest BCUT2D eigenvalue weighted by Crippen LogP contribution is 2.28. The minimum absolute atomic E-state index is 0.262. The standard InChI is InChI=1S/C9H10BrNO2/c1-4-5(2)8(10)7(11)3-6(4)9(12)13/h3H,11H2,1-2H3,(H,12,13). The molecule has 0 aliphatic heterocycles. The van der Waals surface area contributed by atoms with Gasteiger partial charge in [0.25, 0.3) is 0 Å². The lowest BCUT2D eigenvalue weighted by Crippen LogP contribution is -2.04. The number of rotatable bonds is 1. The Labute approximate surface area is 84.7 Å². The first kappa shape index (κ1) is 10.1. The molecular formula is C9H10BrNO2. The van der Waals surface area contributed by atoms with Crippen molar-refractivity contribution in [3.63, 3.8) is 0 Å². The molecule has 0 heterocycles. The Hall–Kier alpha value is -1.03. The Kier molecular flexibility index (Phi) is 2.61. The lowest BCUT2D eigenvalue weighted by atomic mass is 10.0. The molecule has 0 bridgehead atoms. The number of aromatic carboxylic acids is 1. The van der Waals surface area contributed by atoms with E-state index in [2.05, 4.69) is 15.9 Å². The second kappa shape index (κ2) is 3.38. The van der Waals surface area contributed by atoms with Crippen molar-refractivity contribution < 1.29 is 9.90 Å². The van der Waals surface area contributed by atoms with Gasteiger partial charge in [0.05, 0.1) is 5.56 Å². The van der Waals surface area contributed by atoms with Crippen LogP contribution in [0.25, 0.3) is 0 Å². The topological polar surface area (TPSA) is 63.3 Å². The van der Waals surface area contributed by atoms with Gasteiger partial charge in [0.2, 0.25) is 0 Å². The fraction of sp³-hybridized carbons (Fsp3) is 0.222. The average molecular weight is 244 g/mol. The van der Waals surface area contributed by atoms with Crippen molar-refractivity contribution in [1.29, 1.82) is 0 Å². The van der Waals surface area contributed by atoms with Crippen LogP contribution in [-0.4, -0.2) is 11.1 Å². The van der Waals surface area contributed by atoms with E-state index >= 15 is 0 Å². The predicted octanol–water partition coefficient (Wildman–Crippen LogP) is 2.35. The van der Waals surface area contributed by atoms with Crippen molar-refractivity contribution >= 4 is 27.6 Å². The largest absolute Gasteiger partial charge is 0.478 e. The molecular weight excluding hydrogens is 234 g/mol. The van der Waals surface area contributed by atoms with Crippen molar-refractivity contribution in [1.82, 2.24) is 0 Å². The van der Waals surface area contributed by atoms with Gasteiger partial charge < -0.3 is 10.8 Å². The molecule has 1 aromatic carbocycles. The molecule has 0 aromatic heterocycles. The van der Waals surface area contributed by atoms with Crippen molar-refractivity contribution in [3.05, 3.63) is 27.2 Å². The van der Waals surface area contributed by atoms with Gasteiger partial charge in [-0.1, -0.05) is 0 Å². The number of nitrogen functional groups attached to an aromatic ring is 1. The Morgan fingerprint density at radius 3 is 2.46 bits per heavy atom. The van der Waals surface area contributed by atoms with Crippen molar-refractivity contribution in [3.8, 4) is 0 Å². The predicted molar refractivity (Wildman–Crippen MR) is 55.0 cm³/mol. The fourth-order valence-corrected chi connectivity index (χ4v) is 1.54. The highest BCUT2D eigenvalue weighted by molar-refractivity contribution is 9.10. The maximum atomic E-state index is 10.8. The van der Waals surface area contributed by atoms with Crippen LogP contribution >= 0.6 is 15.9 Å². The molecule has 0 fully saturated rings. The van der Waals surface area contributed by atoms with E-state index in [-0.39, 0.29) is 5.56 Å². The third-order valence-corrected chi connectivity index (χ3v) is 3.13. The fourth-order valence-electron chi connectivity index (χ4n) is 1.13. The first-order valence-electron chi connectivity index (χ1n) is 3.73. The van der Waals surface area contributed by atoms with E-state index in [1.54, 1.807) is 6.92 Å². The molecule has 1 aromatic rings. The lowest BCUT2D eigenvalue weighted by molar-refractivity contribution is 0.0696. The van der Waals surface area contributed by atoms with Gasteiger partial charge in [-0.3, -0.25) is 0 Å². The summed E-state index contributed by atoms with van der Waals surface area (Å²) in [6, 6.07) is 1.47. The molecule has 0 unspecified atom stereocenters. The average Bonchev–Trinajstić information content (AvgIpc) is 2.07. The normalized spacial score (nSPS) is 10.1. The maximum absolute atomic E-state index is 10.8.